The van der Waals surface area contributed by atoms with E-state index in [2.05, 4.69) is 20.3 Å². The minimum Gasteiger partial charge on any atom is -0.477 e. The molecule has 1 saturated heterocycles. The number of aromatic nitrogens is 1. The number of fused-ring (bicyclic) bond motifs is 1. The van der Waals surface area contributed by atoms with Crippen molar-refractivity contribution in [2.45, 2.75) is 11.8 Å². The molecule has 0 saturated carbocycles. The number of β-lactam (4-membered cyclic amide) rings is 1. The minimum absolute atomic E-state index is 0.124. The third kappa shape index (κ3) is 3.17. The number of anilines is 1. The number of nitrogens with zero attached hydrogens (tertiary/aromatic N) is 3. The molecule has 0 bridgehead atoms. The topological polar surface area (TPSA) is 147 Å². The van der Waals surface area contributed by atoms with Crippen molar-refractivity contribution in [1.82, 2.24) is 15.2 Å². The molecule has 1 aromatic heterocycles. The Hall–Kier alpha value is -2.60. The van der Waals surface area contributed by atoms with Gasteiger partial charge >= 0.3 is 5.97 Å². The number of hydrogen-bond acceptors (Lipinski definition) is 9. The lowest BCUT2D eigenvalue weighted by atomic mass is 10.1. The van der Waals surface area contributed by atoms with Crippen LogP contribution >= 0.6 is 23.1 Å². The van der Waals surface area contributed by atoms with Gasteiger partial charge in [0.1, 0.15) is 12.8 Å². The summed E-state index contributed by atoms with van der Waals surface area (Å²) in [5.74, 6) is -2.02. The molecule has 12 heteroatoms. The van der Waals surface area contributed by atoms with E-state index in [9.17, 15) is 19.5 Å². The van der Waals surface area contributed by atoms with Gasteiger partial charge in [0.05, 0.1) is 17.5 Å². The van der Waals surface area contributed by atoms with Crippen molar-refractivity contribution in [3.8, 4) is 0 Å². The molecular weight excluding hydrogens is 370 g/mol. The number of nitrogens with two attached hydrogens (primary N) is 1. The molecule has 2 amide bonds. The number of carbonyl (C=O) groups is 3. The maximum absolute atomic E-state index is 12.5. The second-order valence-corrected chi connectivity index (χ2v) is 7.07. The number of carboxylic acid groups (broad SMARTS) is 1. The second kappa shape index (κ2) is 6.72. The van der Waals surface area contributed by atoms with Gasteiger partial charge in [-0.15, -0.1) is 23.1 Å². The van der Waals surface area contributed by atoms with E-state index in [1.54, 1.807) is 0 Å². The van der Waals surface area contributed by atoms with E-state index in [0.29, 0.717) is 0 Å². The maximum Gasteiger partial charge on any atom is 0.354 e. The number of carboxylic acids is 1. The third-order valence-corrected chi connectivity index (χ3v) is 5.37. The molecule has 0 aliphatic carbocycles. The number of thioether (sulfide) groups is 1. The summed E-state index contributed by atoms with van der Waals surface area (Å²) < 4.78 is 0. The summed E-state index contributed by atoms with van der Waals surface area (Å²) in [7, 11) is 1.27. The van der Waals surface area contributed by atoms with Crippen molar-refractivity contribution >= 4 is 51.7 Å². The van der Waals surface area contributed by atoms with Gasteiger partial charge in [0.15, 0.2) is 16.5 Å². The number of oxime groups is 1. The lowest BCUT2D eigenvalue weighted by Gasteiger charge is -2.43. The van der Waals surface area contributed by atoms with Crippen molar-refractivity contribution in [3.05, 3.63) is 22.5 Å². The highest BCUT2D eigenvalue weighted by Crippen LogP contribution is 2.39. The van der Waals surface area contributed by atoms with Gasteiger partial charge in [-0.3, -0.25) is 14.5 Å². The summed E-state index contributed by atoms with van der Waals surface area (Å²) >= 11 is 2.50. The first-order valence-electron chi connectivity index (χ1n) is 6.96. The summed E-state index contributed by atoms with van der Waals surface area (Å²) in [6.45, 7) is 0. The van der Waals surface area contributed by atoms with Crippen LogP contribution in [-0.2, 0) is 19.2 Å². The molecular formula is C13H13N5O5S2. The predicted molar refractivity (Wildman–Crippen MR) is 90.6 cm³/mol. The first kappa shape index (κ1) is 17.2. The summed E-state index contributed by atoms with van der Waals surface area (Å²) in [5.41, 5.74) is 5.53. The van der Waals surface area contributed by atoms with E-state index in [1.807, 2.05) is 0 Å². The Balaban J connectivity index is 1.89. The van der Waals surface area contributed by atoms with Crippen molar-refractivity contribution < 1.29 is 24.3 Å². The van der Waals surface area contributed by atoms with Crippen LogP contribution in [0.25, 0.3) is 0 Å². The van der Waals surface area contributed by atoms with Crippen molar-refractivity contribution in [2.24, 2.45) is 5.16 Å². The summed E-state index contributed by atoms with van der Waals surface area (Å²) in [6, 6.07) is 0. The molecule has 4 N–H and O–H groups in total. The van der Waals surface area contributed by atoms with Crippen LogP contribution in [0.15, 0.2) is 21.9 Å². The molecule has 0 unspecified atom stereocenters. The fraction of sp³-hybridized carbons (Fsp3) is 0.308. The molecule has 25 heavy (non-hydrogen) atoms. The zero-order valence-electron chi connectivity index (χ0n) is 12.9. The highest BCUT2D eigenvalue weighted by atomic mass is 32.2. The Kier molecular flexibility index (Phi) is 4.63. The van der Waals surface area contributed by atoms with E-state index >= 15 is 0 Å². The van der Waals surface area contributed by atoms with Crippen LogP contribution in [0.1, 0.15) is 12.1 Å². The van der Waals surface area contributed by atoms with Gasteiger partial charge in [-0.2, -0.15) is 0 Å². The van der Waals surface area contributed by atoms with E-state index < -0.39 is 11.9 Å². The molecule has 1 fully saturated rings. The molecule has 0 spiro atoms. The number of thiazole rings is 1. The maximum atomic E-state index is 12.5. The van der Waals surface area contributed by atoms with Crippen LogP contribution in [0.4, 0.5) is 5.13 Å². The fourth-order valence-electron chi connectivity index (χ4n) is 2.40. The Bertz CT molecular complexity index is 817. The number of amides is 2. The van der Waals surface area contributed by atoms with Crippen LogP contribution in [-0.4, -0.2) is 56.7 Å². The molecule has 0 aromatic carbocycles. The predicted octanol–water partition coefficient (Wildman–Crippen LogP) is -0.207. The van der Waals surface area contributed by atoms with Crippen LogP contribution in [0.3, 0.4) is 0 Å². The molecule has 132 valence electrons. The Labute approximate surface area is 149 Å². The molecule has 1 atom stereocenters. The number of hydrogen-bond donors (Lipinski definition) is 3. The van der Waals surface area contributed by atoms with E-state index in [4.69, 9.17) is 5.73 Å². The number of nitrogens with one attached hydrogen (secondary N) is 1. The van der Waals surface area contributed by atoms with E-state index in [1.165, 1.54) is 29.2 Å². The van der Waals surface area contributed by atoms with Crippen molar-refractivity contribution in [3.63, 3.8) is 0 Å². The minimum atomic E-state index is -1.28. The Morgan fingerprint density at radius 3 is 2.88 bits per heavy atom. The van der Waals surface area contributed by atoms with E-state index in [0.717, 1.165) is 11.3 Å². The van der Waals surface area contributed by atoms with Gasteiger partial charge in [-0.25, -0.2) is 9.78 Å². The third-order valence-electron chi connectivity index (χ3n) is 3.48. The van der Waals surface area contributed by atoms with Crippen molar-refractivity contribution in [1.29, 1.82) is 0 Å². The molecule has 3 heterocycles. The lowest BCUT2D eigenvalue weighted by molar-refractivity contribution is -0.146. The molecule has 1 aromatic rings. The first-order chi connectivity index (χ1) is 11.9. The normalized spacial score (nSPS) is 20.0. The number of carbonyl (C=O) groups excluding carboxylic acids is 2. The van der Waals surface area contributed by atoms with Crippen LogP contribution in [0, 0.1) is 0 Å². The quantitative estimate of drug-likeness (QED) is 0.360. The van der Waals surface area contributed by atoms with E-state index in [-0.39, 0.29) is 51.4 Å². The number of rotatable bonds is 5. The summed E-state index contributed by atoms with van der Waals surface area (Å²) in [6.07, 6.45) is 0.289. The molecule has 3 rings (SSSR count). The number of nitrogen functional groups attached to an aromatic ring is 1. The smallest absolute Gasteiger partial charge is 0.354 e. The SMILES string of the molecule is CON=C(C(=O)NC1=C(C(=O)O)N2C(=O)C[C@H]2SC1)c1csc(N)n1. The molecule has 10 nitrogen and oxygen atoms in total. The molecule has 2 aliphatic rings. The van der Waals surface area contributed by atoms with Crippen LogP contribution in [0.2, 0.25) is 0 Å². The Morgan fingerprint density at radius 1 is 1.56 bits per heavy atom. The Morgan fingerprint density at radius 2 is 2.32 bits per heavy atom. The van der Waals surface area contributed by atoms with Crippen LogP contribution < -0.4 is 11.1 Å². The highest BCUT2D eigenvalue weighted by Gasteiger charge is 2.45. The standard InChI is InChI=1S/C13H13N5O5S2/c1-23-17-9(5-3-25-13(14)16-5)11(20)15-6-4-24-8-2-7(19)18(8)10(6)12(21)22/h3,8H,2,4H2,1H3,(H2,14,16)(H,15,20)(H,21,22)/t8-/m1/s1. The van der Waals surface area contributed by atoms with Gasteiger partial charge in [0.2, 0.25) is 5.91 Å². The van der Waals surface area contributed by atoms with Gasteiger partial charge in [0, 0.05) is 11.1 Å². The van der Waals surface area contributed by atoms with Crippen molar-refractivity contribution in [2.75, 3.05) is 18.6 Å². The fourth-order valence-corrected chi connectivity index (χ4v) is 4.15. The zero-order valence-corrected chi connectivity index (χ0v) is 14.5. The largest absolute Gasteiger partial charge is 0.477 e. The van der Waals surface area contributed by atoms with Gasteiger partial charge in [-0.1, -0.05) is 5.16 Å². The van der Waals surface area contributed by atoms with Gasteiger partial charge in [0.25, 0.3) is 5.91 Å². The monoisotopic (exact) mass is 383 g/mol. The molecule has 0 radical (unpaired) electrons. The summed E-state index contributed by atoms with van der Waals surface area (Å²) in [5, 5.41) is 17.2. The lowest BCUT2D eigenvalue weighted by Crippen LogP contribution is -2.55. The first-order valence-corrected chi connectivity index (χ1v) is 8.89. The zero-order chi connectivity index (χ0) is 18.1. The summed E-state index contributed by atoms with van der Waals surface area (Å²) in [4.78, 5) is 45.6. The molecule has 2 aliphatic heterocycles. The number of aliphatic carboxylic acids is 1. The second-order valence-electron chi connectivity index (χ2n) is 5.01. The average molecular weight is 383 g/mol. The van der Waals surface area contributed by atoms with Crippen LogP contribution in [0.5, 0.6) is 0 Å². The average Bonchev–Trinajstić information content (AvgIpc) is 2.98. The highest BCUT2D eigenvalue weighted by molar-refractivity contribution is 8.00. The van der Waals surface area contributed by atoms with Gasteiger partial charge < -0.3 is 21.0 Å². The van der Waals surface area contributed by atoms with Gasteiger partial charge in [-0.05, 0) is 0 Å².